The van der Waals surface area contributed by atoms with Gasteiger partial charge < -0.3 is 20.2 Å². The highest BCUT2D eigenvalue weighted by Gasteiger charge is 2.31. The van der Waals surface area contributed by atoms with Gasteiger partial charge >= 0.3 is 0 Å². The molecule has 0 saturated carbocycles. The Labute approximate surface area is 128 Å². The number of para-hydroxylation sites is 2. The Balaban J connectivity index is 1.97. The van der Waals surface area contributed by atoms with Crippen molar-refractivity contribution >= 4 is 23.0 Å². The Hall–Kier alpha value is -3.02. The molecule has 0 aromatic heterocycles. The quantitative estimate of drug-likeness (QED) is 0.660. The van der Waals surface area contributed by atoms with Crippen molar-refractivity contribution in [1.29, 1.82) is 0 Å². The van der Waals surface area contributed by atoms with E-state index in [1.807, 2.05) is 70.5 Å². The molecular formula is C16H16N4O2. The van der Waals surface area contributed by atoms with E-state index >= 15 is 0 Å². The molecule has 1 heterocycles. The fourth-order valence-electron chi connectivity index (χ4n) is 2.57. The fourth-order valence-corrected chi connectivity index (χ4v) is 2.57. The maximum absolute atomic E-state index is 9.42. The summed E-state index contributed by atoms with van der Waals surface area (Å²) in [4.78, 5) is 3.63. The van der Waals surface area contributed by atoms with Crippen molar-refractivity contribution in [3.8, 4) is 0 Å². The molecule has 0 spiro atoms. The van der Waals surface area contributed by atoms with Gasteiger partial charge in [0, 0.05) is 24.5 Å². The van der Waals surface area contributed by atoms with Gasteiger partial charge in [0.05, 0.1) is 0 Å². The van der Waals surface area contributed by atoms with Crippen LogP contribution in [0.1, 0.15) is 0 Å². The number of piperazine rings is 1. The summed E-state index contributed by atoms with van der Waals surface area (Å²) in [7, 11) is 0. The summed E-state index contributed by atoms with van der Waals surface area (Å²) in [6.07, 6.45) is 0. The van der Waals surface area contributed by atoms with E-state index in [0.717, 1.165) is 11.4 Å². The molecule has 3 rings (SSSR count). The van der Waals surface area contributed by atoms with E-state index in [1.165, 1.54) is 0 Å². The summed E-state index contributed by atoms with van der Waals surface area (Å²) in [5.41, 5.74) is 1.76. The van der Waals surface area contributed by atoms with E-state index in [2.05, 4.69) is 10.3 Å². The van der Waals surface area contributed by atoms with Gasteiger partial charge in [0.2, 0.25) is 11.7 Å². The number of hydrogen-bond donors (Lipinski definition) is 2. The zero-order valence-electron chi connectivity index (χ0n) is 11.9. The van der Waals surface area contributed by atoms with Crippen LogP contribution in [0.3, 0.4) is 0 Å². The van der Waals surface area contributed by atoms with Crippen LogP contribution >= 0.6 is 0 Å². The Morgan fingerprint density at radius 1 is 0.636 bits per heavy atom. The van der Waals surface area contributed by atoms with Crippen LogP contribution in [0.4, 0.5) is 11.4 Å². The minimum absolute atomic E-state index is 0.212. The molecule has 1 aliphatic heterocycles. The number of hydrogen-bond acceptors (Lipinski definition) is 4. The SMILES string of the molecule is ON=C1/C(=N/O)N(c2ccccc2)CCN1c1ccccc1. The lowest BCUT2D eigenvalue weighted by Crippen LogP contribution is -2.55. The zero-order chi connectivity index (χ0) is 15.4. The molecule has 0 amide bonds. The van der Waals surface area contributed by atoms with Crippen LogP contribution in [0.15, 0.2) is 71.0 Å². The topological polar surface area (TPSA) is 71.7 Å². The first-order valence-electron chi connectivity index (χ1n) is 6.95. The highest BCUT2D eigenvalue weighted by molar-refractivity contribution is 6.50. The lowest BCUT2D eigenvalue weighted by Gasteiger charge is -2.37. The third-order valence-electron chi connectivity index (χ3n) is 3.58. The molecule has 0 atom stereocenters. The molecule has 0 radical (unpaired) electrons. The summed E-state index contributed by atoms with van der Waals surface area (Å²) in [6, 6.07) is 19.1. The van der Waals surface area contributed by atoms with E-state index in [4.69, 9.17) is 0 Å². The van der Waals surface area contributed by atoms with Crippen molar-refractivity contribution in [3.63, 3.8) is 0 Å². The van der Waals surface area contributed by atoms with Crippen LogP contribution in [-0.2, 0) is 0 Å². The highest BCUT2D eigenvalue weighted by Crippen LogP contribution is 2.23. The molecular weight excluding hydrogens is 280 g/mol. The van der Waals surface area contributed by atoms with Crippen LogP contribution in [0.2, 0.25) is 0 Å². The Morgan fingerprint density at radius 3 is 1.32 bits per heavy atom. The zero-order valence-corrected chi connectivity index (χ0v) is 11.9. The van der Waals surface area contributed by atoms with Gasteiger partial charge in [-0.15, -0.1) is 0 Å². The molecule has 2 aromatic carbocycles. The van der Waals surface area contributed by atoms with Crippen molar-refractivity contribution in [2.75, 3.05) is 22.9 Å². The average molecular weight is 296 g/mol. The maximum atomic E-state index is 9.42. The third kappa shape index (κ3) is 2.46. The molecule has 0 aliphatic carbocycles. The lowest BCUT2D eigenvalue weighted by molar-refractivity contribution is 0.311. The maximum Gasteiger partial charge on any atom is 0.219 e. The van der Waals surface area contributed by atoms with Gasteiger partial charge in [-0.3, -0.25) is 0 Å². The molecule has 2 N–H and O–H groups in total. The van der Waals surface area contributed by atoms with Crippen molar-refractivity contribution in [2.45, 2.75) is 0 Å². The molecule has 22 heavy (non-hydrogen) atoms. The summed E-state index contributed by atoms with van der Waals surface area (Å²) in [5.74, 6) is 0.424. The molecule has 2 aromatic rings. The van der Waals surface area contributed by atoms with E-state index in [1.54, 1.807) is 0 Å². The van der Waals surface area contributed by atoms with Crippen molar-refractivity contribution in [2.24, 2.45) is 10.3 Å². The van der Waals surface area contributed by atoms with E-state index in [-0.39, 0.29) is 11.7 Å². The number of nitrogens with zero attached hydrogens (tertiary/aromatic N) is 4. The normalized spacial score (nSPS) is 18.9. The number of rotatable bonds is 2. The molecule has 1 aliphatic rings. The molecule has 1 saturated heterocycles. The molecule has 6 nitrogen and oxygen atoms in total. The predicted molar refractivity (Wildman–Crippen MR) is 86.0 cm³/mol. The second kappa shape index (κ2) is 6.17. The van der Waals surface area contributed by atoms with Crippen LogP contribution < -0.4 is 9.80 Å². The Kier molecular flexibility index (Phi) is 3.91. The van der Waals surface area contributed by atoms with E-state index in [0.29, 0.717) is 13.1 Å². The largest absolute Gasteiger partial charge is 0.409 e. The van der Waals surface area contributed by atoms with Crippen LogP contribution in [0.5, 0.6) is 0 Å². The second-order valence-corrected chi connectivity index (χ2v) is 4.82. The standard InChI is InChI=1S/C16H16N4O2/c21-17-15-16(18-22)20(14-9-5-2-6-10-14)12-11-19(15)13-7-3-1-4-8-13/h1-10,21-22H,11-12H2/b17-15-,18-16?. The van der Waals surface area contributed by atoms with Crippen LogP contribution in [-0.4, -0.2) is 35.2 Å². The van der Waals surface area contributed by atoms with Gasteiger partial charge in [0.25, 0.3) is 0 Å². The van der Waals surface area contributed by atoms with Gasteiger partial charge in [0.1, 0.15) is 0 Å². The molecule has 6 heteroatoms. The van der Waals surface area contributed by atoms with Gasteiger partial charge in [-0.25, -0.2) is 0 Å². The number of anilines is 2. The summed E-state index contributed by atoms with van der Waals surface area (Å²) >= 11 is 0. The molecule has 0 bridgehead atoms. The number of amidine groups is 2. The van der Waals surface area contributed by atoms with Crippen molar-refractivity contribution < 1.29 is 10.4 Å². The minimum atomic E-state index is 0.212. The third-order valence-corrected chi connectivity index (χ3v) is 3.58. The first kappa shape index (κ1) is 13.9. The van der Waals surface area contributed by atoms with Crippen molar-refractivity contribution in [3.05, 3.63) is 60.7 Å². The highest BCUT2D eigenvalue weighted by atomic mass is 16.4. The first-order valence-corrected chi connectivity index (χ1v) is 6.95. The van der Waals surface area contributed by atoms with Gasteiger partial charge in [-0.2, -0.15) is 0 Å². The minimum Gasteiger partial charge on any atom is -0.409 e. The molecule has 0 unspecified atom stereocenters. The summed E-state index contributed by atoms with van der Waals surface area (Å²) in [5, 5.41) is 25.5. The summed E-state index contributed by atoms with van der Waals surface area (Å²) in [6.45, 7) is 1.22. The monoisotopic (exact) mass is 296 g/mol. The average Bonchev–Trinajstić information content (AvgIpc) is 2.61. The smallest absolute Gasteiger partial charge is 0.219 e. The summed E-state index contributed by atoms with van der Waals surface area (Å²) < 4.78 is 0. The van der Waals surface area contributed by atoms with E-state index < -0.39 is 0 Å². The first-order chi connectivity index (χ1) is 10.8. The fraction of sp³-hybridized carbons (Fsp3) is 0.125. The number of benzene rings is 2. The Morgan fingerprint density at radius 2 is 1.00 bits per heavy atom. The lowest BCUT2D eigenvalue weighted by atomic mass is 10.2. The Bertz CT molecular complexity index is 624. The van der Waals surface area contributed by atoms with Crippen LogP contribution in [0, 0.1) is 0 Å². The molecule has 1 fully saturated rings. The molecule has 112 valence electrons. The van der Waals surface area contributed by atoms with Gasteiger partial charge in [0.15, 0.2) is 0 Å². The number of oxime groups is 2. The van der Waals surface area contributed by atoms with Crippen LogP contribution in [0.25, 0.3) is 0 Å². The second-order valence-electron chi connectivity index (χ2n) is 4.82. The van der Waals surface area contributed by atoms with E-state index in [9.17, 15) is 10.4 Å². The van der Waals surface area contributed by atoms with Gasteiger partial charge in [-0.1, -0.05) is 46.7 Å². The van der Waals surface area contributed by atoms with Gasteiger partial charge in [-0.05, 0) is 24.3 Å². The van der Waals surface area contributed by atoms with Crippen molar-refractivity contribution in [1.82, 2.24) is 0 Å². The predicted octanol–water partition coefficient (Wildman–Crippen LogP) is 2.59.